The van der Waals surface area contributed by atoms with Crippen LogP contribution in [0.15, 0.2) is 23.4 Å². The summed E-state index contributed by atoms with van der Waals surface area (Å²) < 4.78 is 11.9. The predicted molar refractivity (Wildman–Crippen MR) is 147 cm³/mol. The highest BCUT2D eigenvalue weighted by molar-refractivity contribution is 7.98. The van der Waals surface area contributed by atoms with Crippen LogP contribution in [0.4, 0.5) is 5.82 Å². The molecule has 4 aromatic rings. The highest BCUT2D eigenvalue weighted by atomic mass is 32.2. The van der Waals surface area contributed by atoms with Crippen LogP contribution in [0.5, 0.6) is 11.5 Å². The van der Waals surface area contributed by atoms with E-state index in [2.05, 4.69) is 25.2 Å². The van der Waals surface area contributed by atoms with Crippen molar-refractivity contribution in [3.63, 3.8) is 0 Å². The van der Waals surface area contributed by atoms with E-state index in [1.807, 2.05) is 18.4 Å². The number of thiophene rings is 1. The molecule has 6 nitrogen and oxygen atoms in total. The smallest absolute Gasteiger partial charge is 0.189 e. The molecular formula is C27H32N4O2S2. The SMILES string of the molecule is COc1ccc(CCNc2nc(SC)nc3c2sc2nc(CC(C)C)c4c(c23)CCC4)cc1OC. The van der Waals surface area contributed by atoms with Gasteiger partial charge in [-0.3, -0.25) is 0 Å². The number of aromatic nitrogens is 3. The maximum atomic E-state index is 5.46. The Morgan fingerprint density at radius 3 is 2.60 bits per heavy atom. The van der Waals surface area contributed by atoms with Crippen molar-refractivity contribution in [3.05, 3.63) is 40.6 Å². The van der Waals surface area contributed by atoms with Crippen molar-refractivity contribution in [2.24, 2.45) is 5.92 Å². The maximum absolute atomic E-state index is 5.46. The first-order valence-corrected chi connectivity index (χ1v) is 14.2. The molecule has 1 aliphatic carbocycles. The Morgan fingerprint density at radius 2 is 1.86 bits per heavy atom. The van der Waals surface area contributed by atoms with Crippen LogP contribution in [0.25, 0.3) is 20.4 Å². The number of ether oxygens (including phenoxy) is 2. The molecule has 0 radical (unpaired) electrons. The average Bonchev–Trinajstić information content (AvgIpc) is 3.48. The molecule has 1 N–H and O–H groups in total. The van der Waals surface area contributed by atoms with Gasteiger partial charge in [-0.1, -0.05) is 31.7 Å². The number of nitrogens with zero attached hydrogens (tertiary/aromatic N) is 3. The first-order chi connectivity index (χ1) is 17.0. The van der Waals surface area contributed by atoms with Gasteiger partial charge in [0.05, 0.1) is 24.4 Å². The fourth-order valence-corrected chi connectivity index (χ4v) is 6.45. The van der Waals surface area contributed by atoms with E-state index in [1.54, 1.807) is 37.3 Å². The van der Waals surface area contributed by atoms with Crippen LogP contribution in [0.2, 0.25) is 0 Å². The van der Waals surface area contributed by atoms with E-state index < -0.39 is 0 Å². The van der Waals surface area contributed by atoms with Crippen LogP contribution in [-0.4, -0.2) is 42.0 Å². The molecule has 0 atom stereocenters. The van der Waals surface area contributed by atoms with Crippen LogP contribution in [0.1, 0.15) is 42.7 Å². The van der Waals surface area contributed by atoms with Crippen molar-refractivity contribution in [2.45, 2.75) is 51.1 Å². The number of benzene rings is 1. The quantitative estimate of drug-likeness (QED) is 0.210. The summed E-state index contributed by atoms with van der Waals surface area (Å²) in [5.41, 5.74) is 6.46. The number of pyridine rings is 1. The molecule has 3 aromatic heterocycles. The molecule has 0 amide bonds. The van der Waals surface area contributed by atoms with Crippen molar-refractivity contribution in [1.82, 2.24) is 15.0 Å². The van der Waals surface area contributed by atoms with Crippen molar-refractivity contribution in [3.8, 4) is 11.5 Å². The second kappa shape index (κ2) is 10.2. The van der Waals surface area contributed by atoms with Crippen LogP contribution >= 0.6 is 23.1 Å². The standard InChI is InChI=1S/C27H32N4O2S2/c1-15(2)13-19-17-7-6-8-18(17)22-23-24(35-26(22)29-19)25(31-27(30-23)34-5)28-12-11-16-9-10-20(32-3)21(14-16)33-4/h9-10,14-15H,6-8,11-13H2,1-5H3,(H,28,30,31). The summed E-state index contributed by atoms with van der Waals surface area (Å²) in [6.07, 6.45) is 7.37. The minimum atomic E-state index is 0.593. The summed E-state index contributed by atoms with van der Waals surface area (Å²) in [5.74, 6) is 2.99. The van der Waals surface area contributed by atoms with E-state index in [1.165, 1.54) is 34.2 Å². The van der Waals surface area contributed by atoms with Gasteiger partial charge in [-0.05, 0) is 73.1 Å². The van der Waals surface area contributed by atoms with E-state index >= 15 is 0 Å². The third-order valence-corrected chi connectivity index (χ3v) is 8.16. The predicted octanol–water partition coefficient (Wildman–Crippen LogP) is 6.32. The Balaban J connectivity index is 1.50. The molecule has 8 heteroatoms. The molecule has 1 aliphatic rings. The minimum absolute atomic E-state index is 0.593. The normalized spacial score (nSPS) is 13.1. The largest absolute Gasteiger partial charge is 0.493 e. The van der Waals surface area contributed by atoms with Gasteiger partial charge in [0.25, 0.3) is 0 Å². The van der Waals surface area contributed by atoms with Crippen molar-refractivity contribution < 1.29 is 9.47 Å². The van der Waals surface area contributed by atoms with E-state index in [-0.39, 0.29) is 0 Å². The Kier molecular flexibility index (Phi) is 7.02. The minimum Gasteiger partial charge on any atom is -0.493 e. The number of methoxy groups -OCH3 is 2. The fourth-order valence-electron chi connectivity index (χ4n) is 4.95. The molecule has 0 saturated carbocycles. The van der Waals surface area contributed by atoms with Gasteiger partial charge in [0.15, 0.2) is 16.7 Å². The molecule has 1 aromatic carbocycles. The lowest BCUT2D eigenvalue weighted by molar-refractivity contribution is 0.354. The highest BCUT2D eigenvalue weighted by Gasteiger charge is 2.25. The first-order valence-electron chi connectivity index (χ1n) is 12.2. The first kappa shape index (κ1) is 24.1. The lowest BCUT2D eigenvalue weighted by Crippen LogP contribution is -2.07. The number of nitrogens with one attached hydrogen (secondary N) is 1. The second-order valence-corrected chi connectivity index (χ2v) is 11.1. The number of aryl methyl sites for hydroxylation is 1. The molecule has 0 spiro atoms. The van der Waals surface area contributed by atoms with Crippen LogP contribution in [0, 0.1) is 5.92 Å². The van der Waals surface area contributed by atoms with Crippen LogP contribution in [0.3, 0.4) is 0 Å². The molecule has 35 heavy (non-hydrogen) atoms. The number of hydrogen-bond donors (Lipinski definition) is 1. The van der Waals surface area contributed by atoms with Gasteiger partial charge in [0, 0.05) is 17.6 Å². The van der Waals surface area contributed by atoms with Gasteiger partial charge in [-0.15, -0.1) is 11.3 Å². The zero-order valence-electron chi connectivity index (χ0n) is 21.0. The van der Waals surface area contributed by atoms with Crippen LogP contribution < -0.4 is 14.8 Å². The van der Waals surface area contributed by atoms with E-state index in [0.717, 1.165) is 69.7 Å². The summed E-state index contributed by atoms with van der Waals surface area (Å²) in [6.45, 7) is 5.30. The molecular weight excluding hydrogens is 476 g/mol. The Bertz CT molecular complexity index is 1380. The monoisotopic (exact) mass is 508 g/mol. The van der Waals surface area contributed by atoms with Gasteiger partial charge in [0.2, 0.25) is 0 Å². The fraction of sp³-hybridized carbons (Fsp3) is 0.444. The molecule has 0 unspecified atom stereocenters. The maximum Gasteiger partial charge on any atom is 0.189 e. The third kappa shape index (κ3) is 4.66. The van der Waals surface area contributed by atoms with Gasteiger partial charge < -0.3 is 14.8 Å². The third-order valence-electron chi connectivity index (χ3n) is 6.54. The van der Waals surface area contributed by atoms with Gasteiger partial charge >= 0.3 is 0 Å². The Labute approximate surface area is 214 Å². The number of rotatable bonds is 9. The number of hydrogen-bond acceptors (Lipinski definition) is 8. The Hall–Kier alpha value is -2.58. The lowest BCUT2D eigenvalue weighted by Gasteiger charge is -2.11. The van der Waals surface area contributed by atoms with Crippen molar-refractivity contribution >= 4 is 49.3 Å². The van der Waals surface area contributed by atoms with Crippen molar-refractivity contribution in [2.75, 3.05) is 32.3 Å². The van der Waals surface area contributed by atoms with Gasteiger partial charge in [-0.25, -0.2) is 15.0 Å². The van der Waals surface area contributed by atoms with Gasteiger partial charge in [-0.2, -0.15) is 0 Å². The number of anilines is 1. The van der Waals surface area contributed by atoms with Crippen LogP contribution in [-0.2, 0) is 25.7 Å². The number of thioether (sulfide) groups is 1. The number of fused-ring (bicyclic) bond motifs is 5. The topological polar surface area (TPSA) is 69.2 Å². The molecule has 0 bridgehead atoms. The molecule has 184 valence electrons. The van der Waals surface area contributed by atoms with Gasteiger partial charge in [0.1, 0.15) is 10.6 Å². The molecule has 0 saturated heterocycles. The van der Waals surface area contributed by atoms with E-state index in [0.29, 0.717) is 5.92 Å². The molecule has 5 rings (SSSR count). The molecule has 0 fully saturated rings. The highest BCUT2D eigenvalue weighted by Crippen LogP contribution is 2.42. The van der Waals surface area contributed by atoms with Crippen molar-refractivity contribution in [1.29, 1.82) is 0 Å². The summed E-state index contributed by atoms with van der Waals surface area (Å²) in [5, 5.41) is 5.65. The summed E-state index contributed by atoms with van der Waals surface area (Å²) in [4.78, 5) is 16.1. The summed E-state index contributed by atoms with van der Waals surface area (Å²) in [7, 11) is 3.32. The summed E-state index contributed by atoms with van der Waals surface area (Å²) in [6, 6.07) is 6.07. The molecule has 0 aliphatic heterocycles. The summed E-state index contributed by atoms with van der Waals surface area (Å²) >= 11 is 3.31. The molecule has 3 heterocycles. The second-order valence-electron chi connectivity index (χ2n) is 9.35. The van der Waals surface area contributed by atoms with E-state index in [4.69, 9.17) is 24.4 Å². The van der Waals surface area contributed by atoms with E-state index in [9.17, 15) is 0 Å². The zero-order chi connectivity index (χ0) is 24.5. The lowest BCUT2D eigenvalue weighted by atomic mass is 9.99. The zero-order valence-corrected chi connectivity index (χ0v) is 22.7. The average molecular weight is 509 g/mol. The Morgan fingerprint density at radius 1 is 1.06 bits per heavy atom.